The van der Waals surface area contributed by atoms with Gasteiger partial charge in [-0.25, -0.2) is 9.97 Å². The topological polar surface area (TPSA) is 79.1 Å². The Bertz CT molecular complexity index is 1330. The first-order chi connectivity index (χ1) is 17.7. The number of carbonyl (C=O) groups is 1. The van der Waals surface area contributed by atoms with Crippen LogP contribution in [0.1, 0.15) is 34.9 Å². The van der Waals surface area contributed by atoms with Gasteiger partial charge in [-0.3, -0.25) is 4.79 Å². The van der Waals surface area contributed by atoms with Crippen LogP contribution in [0.4, 0.5) is 23.4 Å². The van der Waals surface area contributed by atoms with Crippen molar-refractivity contribution in [3.05, 3.63) is 76.2 Å². The summed E-state index contributed by atoms with van der Waals surface area (Å²) in [6.07, 6.45) is -4.32. The maximum Gasteiger partial charge on any atom is 0.416 e. The van der Waals surface area contributed by atoms with Crippen molar-refractivity contribution in [1.82, 2.24) is 9.97 Å². The third kappa shape index (κ3) is 6.12. The number of nitriles is 1. The number of carbonyl (C=O) groups excluding carboxylic acids is 1. The molecule has 0 amide bonds. The van der Waals surface area contributed by atoms with E-state index in [4.69, 9.17) is 4.74 Å². The number of hydrogen-bond donors (Lipinski definition) is 0. The lowest BCUT2D eigenvalue weighted by Crippen LogP contribution is -2.37. The van der Waals surface area contributed by atoms with E-state index in [2.05, 4.69) is 9.97 Å². The van der Waals surface area contributed by atoms with E-state index in [9.17, 15) is 27.6 Å². The molecular formula is C27H24F4N4O2. The molecule has 10 heteroatoms. The molecule has 0 bridgehead atoms. The fourth-order valence-corrected chi connectivity index (χ4v) is 4.22. The van der Waals surface area contributed by atoms with Crippen LogP contribution in [0.15, 0.2) is 42.5 Å². The van der Waals surface area contributed by atoms with Crippen LogP contribution < -0.4 is 4.90 Å². The van der Waals surface area contributed by atoms with Gasteiger partial charge in [0.25, 0.3) is 0 Å². The van der Waals surface area contributed by atoms with Crippen molar-refractivity contribution in [2.45, 2.75) is 32.4 Å². The summed E-state index contributed by atoms with van der Waals surface area (Å²) in [4.78, 5) is 22.7. The molecule has 0 aliphatic carbocycles. The molecule has 1 saturated heterocycles. The molecule has 0 spiro atoms. The quantitative estimate of drug-likeness (QED) is 0.418. The van der Waals surface area contributed by atoms with Gasteiger partial charge < -0.3 is 9.64 Å². The lowest BCUT2D eigenvalue weighted by atomic mass is 9.97. The molecule has 1 fully saturated rings. The zero-order chi connectivity index (χ0) is 26.6. The number of aryl methyl sites for hydroxylation is 1. The van der Waals surface area contributed by atoms with Gasteiger partial charge in [-0.1, -0.05) is 43.3 Å². The van der Waals surface area contributed by atoms with E-state index >= 15 is 0 Å². The molecule has 0 radical (unpaired) electrons. The van der Waals surface area contributed by atoms with Crippen molar-refractivity contribution in [3.8, 4) is 17.5 Å². The van der Waals surface area contributed by atoms with Crippen molar-refractivity contribution in [2.75, 3.05) is 31.2 Å². The van der Waals surface area contributed by atoms with Gasteiger partial charge in [-0.05, 0) is 29.2 Å². The smallest absolute Gasteiger partial charge is 0.378 e. The molecule has 6 nitrogen and oxygen atoms in total. The van der Waals surface area contributed by atoms with Gasteiger partial charge in [-0.15, -0.1) is 0 Å². The molecule has 0 saturated carbocycles. The van der Waals surface area contributed by atoms with Gasteiger partial charge in [0.05, 0.1) is 18.8 Å². The van der Waals surface area contributed by atoms with Crippen molar-refractivity contribution in [2.24, 2.45) is 0 Å². The summed E-state index contributed by atoms with van der Waals surface area (Å²) < 4.78 is 60.0. The minimum absolute atomic E-state index is 0.0317. The Morgan fingerprint density at radius 1 is 1.05 bits per heavy atom. The average Bonchev–Trinajstić information content (AvgIpc) is 2.89. The molecule has 0 unspecified atom stereocenters. The largest absolute Gasteiger partial charge is 0.416 e. The highest BCUT2D eigenvalue weighted by Crippen LogP contribution is 2.33. The van der Waals surface area contributed by atoms with Gasteiger partial charge in [0, 0.05) is 31.5 Å². The SMILES string of the molecule is CCc1ccc(CC(=O)Cc2ccc(-c3nc(C#N)c(F)c(N4CCOCC4)n3)cc2)cc1C(F)(F)F. The number of ether oxygens (including phenoxy) is 1. The number of aromatic nitrogens is 2. The number of Topliss-reactive ketones (excluding diaryl/α,β-unsaturated/α-hetero) is 1. The van der Waals surface area contributed by atoms with Crippen molar-refractivity contribution >= 4 is 11.6 Å². The number of morpholine rings is 1. The van der Waals surface area contributed by atoms with E-state index in [-0.39, 0.29) is 47.9 Å². The number of anilines is 1. The van der Waals surface area contributed by atoms with Gasteiger partial charge in [0.2, 0.25) is 5.82 Å². The van der Waals surface area contributed by atoms with Crippen LogP contribution in [-0.2, 0) is 35.0 Å². The Kier molecular flexibility index (Phi) is 7.83. The minimum atomic E-state index is -4.48. The lowest BCUT2D eigenvalue weighted by molar-refractivity contribution is -0.138. The minimum Gasteiger partial charge on any atom is -0.378 e. The first-order valence-electron chi connectivity index (χ1n) is 11.8. The van der Waals surface area contributed by atoms with E-state index in [0.717, 1.165) is 6.07 Å². The van der Waals surface area contributed by atoms with Crippen LogP contribution >= 0.6 is 0 Å². The third-order valence-electron chi connectivity index (χ3n) is 6.13. The predicted octanol–water partition coefficient (Wildman–Crippen LogP) is 4.93. The van der Waals surface area contributed by atoms with E-state index in [1.165, 1.54) is 6.07 Å². The Morgan fingerprint density at radius 2 is 1.70 bits per heavy atom. The number of ketones is 1. The second-order valence-electron chi connectivity index (χ2n) is 8.68. The predicted molar refractivity (Wildman–Crippen MR) is 128 cm³/mol. The number of hydrogen-bond acceptors (Lipinski definition) is 6. The Balaban J connectivity index is 1.50. The highest BCUT2D eigenvalue weighted by Gasteiger charge is 2.33. The number of alkyl halides is 3. The second-order valence-corrected chi connectivity index (χ2v) is 8.68. The van der Waals surface area contributed by atoms with Crippen LogP contribution in [0.3, 0.4) is 0 Å². The molecule has 4 rings (SSSR count). The van der Waals surface area contributed by atoms with Crippen LogP contribution in [0.25, 0.3) is 11.4 Å². The molecule has 2 aromatic carbocycles. The first kappa shape index (κ1) is 26.2. The molecule has 3 aromatic rings. The van der Waals surface area contributed by atoms with Crippen molar-refractivity contribution in [1.29, 1.82) is 5.26 Å². The van der Waals surface area contributed by atoms with E-state index in [0.29, 0.717) is 43.0 Å². The summed E-state index contributed by atoms with van der Waals surface area (Å²) >= 11 is 0. The fourth-order valence-electron chi connectivity index (χ4n) is 4.22. The van der Waals surface area contributed by atoms with Crippen molar-refractivity contribution in [3.63, 3.8) is 0 Å². The molecule has 1 aliphatic rings. The standard InChI is InChI=1S/C27H24F4N4O2/c1-2-19-6-5-18(15-22(19)27(29,30)31)14-21(36)13-17-3-7-20(8-4-17)25-33-23(16-32)24(28)26(34-25)35-9-11-37-12-10-35/h3-8,15H,2,9-14H2,1H3. The molecule has 1 aromatic heterocycles. The normalized spacial score (nSPS) is 13.9. The molecular weight excluding hydrogens is 488 g/mol. The zero-order valence-electron chi connectivity index (χ0n) is 20.1. The van der Waals surface area contributed by atoms with E-state index in [1.54, 1.807) is 48.2 Å². The van der Waals surface area contributed by atoms with E-state index in [1.807, 2.05) is 0 Å². The van der Waals surface area contributed by atoms with Gasteiger partial charge in [0.1, 0.15) is 11.9 Å². The first-order valence-corrected chi connectivity index (χ1v) is 11.8. The van der Waals surface area contributed by atoms with Gasteiger partial charge >= 0.3 is 6.18 Å². The summed E-state index contributed by atoms with van der Waals surface area (Å²) in [6.45, 7) is 3.36. The molecule has 2 heterocycles. The average molecular weight is 513 g/mol. The van der Waals surface area contributed by atoms with E-state index < -0.39 is 17.6 Å². The summed E-state index contributed by atoms with van der Waals surface area (Å²) in [5.74, 6) is -0.801. The molecule has 192 valence electrons. The number of benzene rings is 2. The maximum atomic E-state index is 14.7. The summed E-state index contributed by atoms with van der Waals surface area (Å²) in [5, 5.41) is 9.34. The van der Waals surface area contributed by atoms with Gasteiger partial charge in [-0.2, -0.15) is 22.8 Å². The number of nitrogens with zero attached hydrogens (tertiary/aromatic N) is 4. The highest BCUT2D eigenvalue weighted by atomic mass is 19.4. The summed E-state index contributed by atoms with van der Waals surface area (Å²) in [5.41, 5.74) is 0.623. The maximum absolute atomic E-state index is 14.7. The fraction of sp³-hybridized carbons (Fsp3) is 0.333. The Labute approximate surface area is 211 Å². The van der Waals surface area contributed by atoms with Crippen LogP contribution in [0.5, 0.6) is 0 Å². The third-order valence-corrected chi connectivity index (χ3v) is 6.13. The molecule has 0 atom stereocenters. The van der Waals surface area contributed by atoms with Crippen LogP contribution in [0.2, 0.25) is 0 Å². The van der Waals surface area contributed by atoms with Gasteiger partial charge in [0.15, 0.2) is 17.3 Å². The van der Waals surface area contributed by atoms with Crippen LogP contribution in [-0.4, -0.2) is 42.1 Å². The second kappa shape index (κ2) is 11.0. The molecule has 0 N–H and O–H groups in total. The molecule has 1 aliphatic heterocycles. The Morgan fingerprint density at radius 3 is 2.32 bits per heavy atom. The summed E-state index contributed by atoms with van der Waals surface area (Å²) in [7, 11) is 0. The van der Waals surface area contributed by atoms with Crippen molar-refractivity contribution < 1.29 is 27.1 Å². The highest BCUT2D eigenvalue weighted by molar-refractivity contribution is 5.83. The monoisotopic (exact) mass is 512 g/mol. The lowest BCUT2D eigenvalue weighted by Gasteiger charge is -2.28. The van der Waals surface area contributed by atoms with Crippen LogP contribution in [0, 0.1) is 17.1 Å². The molecule has 37 heavy (non-hydrogen) atoms. The number of halogens is 4. The summed E-state index contributed by atoms with van der Waals surface area (Å²) in [6, 6.07) is 12.5. The number of rotatable bonds is 7. The Hall–Kier alpha value is -3.84. The zero-order valence-corrected chi connectivity index (χ0v) is 20.1.